The Bertz CT molecular complexity index is 798. The lowest BCUT2D eigenvalue weighted by Gasteiger charge is -2.20. The molecule has 1 amide bonds. The molecule has 3 rings (SSSR count). The van der Waals surface area contributed by atoms with E-state index in [1.165, 1.54) is 0 Å². The van der Waals surface area contributed by atoms with Crippen molar-refractivity contribution in [2.24, 2.45) is 0 Å². The average Bonchev–Trinajstić information content (AvgIpc) is 2.60. The Balaban J connectivity index is 1.66. The van der Waals surface area contributed by atoms with Crippen LogP contribution in [-0.2, 0) is 4.79 Å². The van der Waals surface area contributed by atoms with E-state index >= 15 is 0 Å². The molecule has 25 heavy (non-hydrogen) atoms. The van der Waals surface area contributed by atoms with Crippen molar-refractivity contribution >= 4 is 40.5 Å². The summed E-state index contributed by atoms with van der Waals surface area (Å²) in [6.07, 6.45) is 0. The van der Waals surface area contributed by atoms with Crippen LogP contribution in [0.2, 0.25) is 10.0 Å². The van der Waals surface area contributed by atoms with Crippen LogP contribution in [0.1, 0.15) is 0 Å². The lowest BCUT2D eigenvalue weighted by atomic mass is 10.2. The number of rotatable bonds is 5. The summed E-state index contributed by atoms with van der Waals surface area (Å²) in [5.74, 6) is 1.43. The Kier molecular flexibility index (Phi) is 5.40. The highest BCUT2D eigenvalue weighted by molar-refractivity contribution is 6.34. The molecule has 0 fully saturated rings. The van der Waals surface area contributed by atoms with Crippen LogP contribution in [0, 0.1) is 0 Å². The Hall–Kier alpha value is -2.31. The molecular weight excluding hydrogens is 367 g/mol. The molecule has 0 unspecified atom stereocenters. The second-order valence-corrected chi connectivity index (χ2v) is 6.07. The third-order valence-corrected chi connectivity index (χ3v) is 4.05. The largest absolute Gasteiger partial charge is 0.495 e. The summed E-state index contributed by atoms with van der Waals surface area (Å²) in [5.41, 5.74) is 1.08. The monoisotopic (exact) mass is 382 g/mol. The molecule has 2 aromatic rings. The molecule has 0 radical (unpaired) electrons. The number of nitrogens with one attached hydrogen (secondary N) is 2. The first-order valence-electron chi connectivity index (χ1n) is 7.53. The normalized spacial score (nSPS) is 12.4. The highest BCUT2D eigenvalue weighted by Gasteiger charge is 2.16. The molecule has 1 aliphatic heterocycles. The van der Waals surface area contributed by atoms with Crippen LogP contribution in [0.15, 0.2) is 30.3 Å². The Morgan fingerprint density at radius 3 is 2.56 bits per heavy atom. The van der Waals surface area contributed by atoms with E-state index in [1.54, 1.807) is 37.4 Å². The van der Waals surface area contributed by atoms with Crippen molar-refractivity contribution < 1.29 is 19.0 Å². The first-order valence-corrected chi connectivity index (χ1v) is 8.29. The summed E-state index contributed by atoms with van der Waals surface area (Å²) in [7, 11) is 1.55. The van der Waals surface area contributed by atoms with Gasteiger partial charge >= 0.3 is 0 Å². The van der Waals surface area contributed by atoms with E-state index in [0.717, 1.165) is 0 Å². The number of carbonyl (C=O) groups is 1. The average molecular weight is 383 g/mol. The first kappa shape index (κ1) is 17.5. The van der Waals surface area contributed by atoms with E-state index in [0.29, 0.717) is 51.9 Å². The number of halogens is 2. The zero-order valence-corrected chi connectivity index (χ0v) is 14.9. The van der Waals surface area contributed by atoms with E-state index in [2.05, 4.69) is 10.6 Å². The molecule has 2 N–H and O–H groups in total. The fraction of sp³-hybridized carbons (Fsp3) is 0.235. The molecule has 0 bridgehead atoms. The number of methoxy groups -OCH3 is 1. The quantitative estimate of drug-likeness (QED) is 0.822. The van der Waals surface area contributed by atoms with Crippen LogP contribution >= 0.6 is 23.2 Å². The minimum atomic E-state index is -0.277. The maximum Gasteiger partial charge on any atom is 0.243 e. The second kappa shape index (κ2) is 7.72. The van der Waals surface area contributed by atoms with Crippen molar-refractivity contribution in [3.63, 3.8) is 0 Å². The van der Waals surface area contributed by atoms with Gasteiger partial charge in [0.25, 0.3) is 0 Å². The molecular formula is C17H16Cl2N2O4. The number of hydrogen-bond donors (Lipinski definition) is 2. The molecule has 0 spiro atoms. The maximum atomic E-state index is 12.2. The third kappa shape index (κ3) is 4.21. The highest BCUT2D eigenvalue weighted by Crippen LogP contribution is 2.38. The van der Waals surface area contributed by atoms with E-state index in [9.17, 15) is 4.79 Å². The number of hydrogen-bond acceptors (Lipinski definition) is 5. The molecule has 0 aliphatic carbocycles. The predicted molar refractivity (Wildman–Crippen MR) is 97.6 cm³/mol. The Labute approximate surface area is 155 Å². The van der Waals surface area contributed by atoms with Gasteiger partial charge in [0.15, 0.2) is 11.5 Å². The maximum absolute atomic E-state index is 12.2. The second-order valence-electron chi connectivity index (χ2n) is 5.22. The Morgan fingerprint density at radius 2 is 1.84 bits per heavy atom. The van der Waals surface area contributed by atoms with Crippen molar-refractivity contribution in [2.45, 2.75) is 0 Å². The zero-order valence-electron chi connectivity index (χ0n) is 13.4. The van der Waals surface area contributed by atoms with Gasteiger partial charge in [-0.3, -0.25) is 4.79 Å². The molecule has 0 saturated carbocycles. The van der Waals surface area contributed by atoms with Gasteiger partial charge in [0.1, 0.15) is 19.0 Å². The minimum absolute atomic E-state index is 0.0154. The predicted octanol–water partition coefficient (Wildman–Crippen LogP) is 3.82. The molecule has 2 aromatic carbocycles. The summed E-state index contributed by atoms with van der Waals surface area (Å²) in [6, 6.07) is 8.39. The molecule has 8 heteroatoms. The fourth-order valence-corrected chi connectivity index (χ4v) is 2.72. The number of ether oxygens (including phenoxy) is 3. The van der Waals surface area contributed by atoms with Crippen LogP contribution in [0.25, 0.3) is 0 Å². The van der Waals surface area contributed by atoms with Gasteiger partial charge < -0.3 is 24.8 Å². The lowest BCUT2D eigenvalue weighted by molar-refractivity contribution is -0.114. The number of fused-ring (bicyclic) bond motifs is 1. The molecule has 132 valence electrons. The van der Waals surface area contributed by atoms with Crippen molar-refractivity contribution in [3.05, 3.63) is 40.4 Å². The number of anilines is 2. The van der Waals surface area contributed by atoms with Crippen LogP contribution in [0.3, 0.4) is 0 Å². The molecule has 6 nitrogen and oxygen atoms in total. The standard InChI is InChI=1S/C17H16Cl2N2O4/c1-23-14-3-2-10(18)6-13(14)20-9-17(22)21-12-8-16-15(7-11(12)19)24-4-5-25-16/h2-3,6-8,20H,4-5,9H2,1H3,(H,21,22). The molecule has 1 aliphatic rings. The fourth-order valence-electron chi connectivity index (χ4n) is 2.35. The van der Waals surface area contributed by atoms with Gasteiger partial charge in [-0.1, -0.05) is 23.2 Å². The number of amides is 1. The number of carbonyl (C=O) groups excluding carboxylic acids is 1. The van der Waals surface area contributed by atoms with Gasteiger partial charge in [0, 0.05) is 17.2 Å². The summed E-state index contributed by atoms with van der Waals surface area (Å²) in [5, 5.41) is 6.64. The topological polar surface area (TPSA) is 68.8 Å². The van der Waals surface area contributed by atoms with E-state index < -0.39 is 0 Å². The van der Waals surface area contributed by atoms with Gasteiger partial charge in [0.05, 0.1) is 30.1 Å². The van der Waals surface area contributed by atoms with Crippen LogP contribution in [0.5, 0.6) is 17.2 Å². The summed E-state index contributed by atoms with van der Waals surface area (Å²) in [4.78, 5) is 12.2. The molecule has 1 heterocycles. The van der Waals surface area contributed by atoms with E-state index in [1.807, 2.05) is 0 Å². The lowest BCUT2D eigenvalue weighted by Crippen LogP contribution is -2.22. The van der Waals surface area contributed by atoms with E-state index in [4.69, 9.17) is 37.4 Å². The summed E-state index contributed by atoms with van der Waals surface area (Å²) in [6.45, 7) is 0.944. The van der Waals surface area contributed by atoms with Crippen LogP contribution in [-0.4, -0.2) is 32.8 Å². The SMILES string of the molecule is COc1ccc(Cl)cc1NCC(=O)Nc1cc2c(cc1Cl)OCCO2. The van der Waals surface area contributed by atoms with Gasteiger partial charge in [-0.15, -0.1) is 0 Å². The van der Waals surface area contributed by atoms with Crippen molar-refractivity contribution in [3.8, 4) is 17.2 Å². The third-order valence-electron chi connectivity index (χ3n) is 3.51. The van der Waals surface area contributed by atoms with E-state index in [-0.39, 0.29) is 12.5 Å². The molecule has 0 atom stereocenters. The Morgan fingerprint density at radius 1 is 1.12 bits per heavy atom. The molecule has 0 aromatic heterocycles. The van der Waals surface area contributed by atoms with Gasteiger partial charge in [0.2, 0.25) is 5.91 Å². The summed E-state index contributed by atoms with van der Waals surface area (Å²) < 4.78 is 16.2. The first-order chi connectivity index (χ1) is 12.1. The van der Waals surface area contributed by atoms with Gasteiger partial charge in [-0.05, 0) is 18.2 Å². The summed E-state index contributed by atoms with van der Waals surface area (Å²) >= 11 is 12.2. The number of benzene rings is 2. The van der Waals surface area contributed by atoms with Gasteiger partial charge in [-0.2, -0.15) is 0 Å². The zero-order chi connectivity index (χ0) is 17.8. The van der Waals surface area contributed by atoms with Crippen LogP contribution in [0.4, 0.5) is 11.4 Å². The van der Waals surface area contributed by atoms with Crippen molar-refractivity contribution in [1.82, 2.24) is 0 Å². The minimum Gasteiger partial charge on any atom is -0.495 e. The van der Waals surface area contributed by atoms with Crippen molar-refractivity contribution in [1.29, 1.82) is 0 Å². The van der Waals surface area contributed by atoms with Gasteiger partial charge in [-0.25, -0.2) is 0 Å². The van der Waals surface area contributed by atoms with Crippen LogP contribution < -0.4 is 24.8 Å². The highest BCUT2D eigenvalue weighted by atomic mass is 35.5. The smallest absolute Gasteiger partial charge is 0.243 e. The van der Waals surface area contributed by atoms with Crippen molar-refractivity contribution in [2.75, 3.05) is 37.5 Å². The molecule has 0 saturated heterocycles.